The molecule has 0 radical (unpaired) electrons. The highest BCUT2D eigenvalue weighted by molar-refractivity contribution is 7.98. The van der Waals surface area contributed by atoms with Gasteiger partial charge in [0.05, 0.1) is 0 Å². The summed E-state index contributed by atoms with van der Waals surface area (Å²) >= 11 is 1.74. The summed E-state index contributed by atoms with van der Waals surface area (Å²) in [5, 5.41) is 3.39. The van der Waals surface area contributed by atoms with Gasteiger partial charge in [-0.3, -0.25) is 0 Å². The van der Waals surface area contributed by atoms with E-state index < -0.39 is 5.60 Å². The van der Waals surface area contributed by atoms with Crippen LogP contribution in [0.5, 0.6) is 0 Å². The molecule has 130 valence electrons. The minimum atomic E-state index is -0.449. The third-order valence-electron chi connectivity index (χ3n) is 3.19. The van der Waals surface area contributed by atoms with E-state index in [4.69, 9.17) is 4.74 Å². The number of benzene rings is 1. The lowest BCUT2D eigenvalue weighted by molar-refractivity contribution is 0.0252. The minimum Gasteiger partial charge on any atom is -0.444 e. The number of amides is 1. The molecule has 1 amide bonds. The van der Waals surface area contributed by atoms with Crippen LogP contribution in [0.3, 0.4) is 0 Å². The van der Waals surface area contributed by atoms with Crippen molar-refractivity contribution in [1.82, 2.24) is 10.2 Å². The van der Waals surface area contributed by atoms with Crippen LogP contribution in [0.25, 0.3) is 0 Å². The number of carbonyl (C=O) groups is 1. The predicted molar refractivity (Wildman–Crippen MR) is 98.0 cm³/mol. The lowest BCUT2D eigenvalue weighted by Gasteiger charge is -2.27. The van der Waals surface area contributed by atoms with Gasteiger partial charge in [0.2, 0.25) is 0 Å². The van der Waals surface area contributed by atoms with E-state index in [1.807, 2.05) is 20.8 Å². The van der Waals surface area contributed by atoms with Crippen molar-refractivity contribution >= 4 is 17.9 Å². The average molecular weight is 339 g/mol. The maximum atomic E-state index is 12.2. The fraction of sp³-hybridized carbons (Fsp3) is 0.611. The summed E-state index contributed by atoms with van der Waals surface area (Å²) < 4.78 is 5.45. The van der Waals surface area contributed by atoms with Crippen molar-refractivity contribution in [2.75, 3.05) is 25.9 Å². The van der Waals surface area contributed by atoms with Crippen LogP contribution < -0.4 is 5.32 Å². The van der Waals surface area contributed by atoms with Gasteiger partial charge in [0.1, 0.15) is 5.60 Å². The van der Waals surface area contributed by atoms with Crippen molar-refractivity contribution in [2.24, 2.45) is 0 Å². The molecule has 1 rings (SSSR count). The lowest BCUT2D eigenvalue weighted by Crippen LogP contribution is -2.40. The van der Waals surface area contributed by atoms with Gasteiger partial charge in [-0.25, -0.2) is 4.79 Å². The van der Waals surface area contributed by atoms with E-state index in [1.165, 1.54) is 10.5 Å². The van der Waals surface area contributed by atoms with E-state index in [2.05, 4.69) is 42.8 Å². The first-order valence-electron chi connectivity index (χ1n) is 8.17. The van der Waals surface area contributed by atoms with Crippen molar-refractivity contribution in [3.63, 3.8) is 0 Å². The Labute approximate surface area is 145 Å². The van der Waals surface area contributed by atoms with Crippen LogP contribution in [-0.2, 0) is 11.3 Å². The number of rotatable bonds is 8. The maximum absolute atomic E-state index is 12.2. The van der Waals surface area contributed by atoms with Gasteiger partial charge in [0, 0.05) is 31.1 Å². The number of nitrogens with one attached hydrogen (secondary N) is 1. The van der Waals surface area contributed by atoms with E-state index >= 15 is 0 Å². The summed E-state index contributed by atoms with van der Waals surface area (Å²) in [5.74, 6) is 0. The van der Waals surface area contributed by atoms with Crippen LogP contribution in [0.4, 0.5) is 4.79 Å². The molecule has 0 aromatic heterocycles. The van der Waals surface area contributed by atoms with Gasteiger partial charge in [-0.15, -0.1) is 11.8 Å². The largest absolute Gasteiger partial charge is 0.444 e. The molecule has 0 saturated carbocycles. The normalized spacial score (nSPS) is 11.3. The van der Waals surface area contributed by atoms with Crippen LogP contribution in [0, 0.1) is 0 Å². The highest BCUT2D eigenvalue weighted by Gasteiger charge is 2.21. The standard InChI is InChI=1S/C18H30N2O2S/c1-6-12-20(17(21)22-18(2,3)4)13-11-19-14-15-7-9-16(23-5)10-8-15/h7-10,19H,6,11-14H2,1-5H3. The van der Waals surface area contributed by atoms with Gasteiger partial charge >= 0.3 is 6.09 Å². The second-order valence-corrected chi connectivity index (χ2v) is 7.37. The van der Waals surface area contributed by atoms with Crippen molar-refractivity contribution in [3.05, 3.63) is 29.8 Å². The van der Waals surface area contributed by atoms with Crippen LogP contribution in [0.1, 0.15) is 39.7 Å². The summed E-state index contributed by atoms with van der Waals surface area (Å²) in [5.41, 5.74) is 0.803. The molecular weight excluding hydrogens is 308 g/mol. The van der Waals surface area contributed by atoms with Crippen LogP contribution in [0.15, 0.2) is 29.2 Å². The summed E-state index contributed by atoms with van der Waals surface area (Å²) in [6.07, 6.45) is 2.77. The second kappa shape index (κ2) is 9.83. The van der Waals surface area contributed by atoms with Crippen LogP contribution in [-0.4, -0.2) is 42.5 Å². The monoisotopic (exact) mass is 338 g/mol. The highest BCUT2D eigenvalue weighted by atomic mass is 32.2. The third-order valence-corrected chi connectivity index (χ3v) is 3.94. The van der Waals surface area contributed by atoms with Gasteiger partial charge in [0.25, 0.3) is 0 Å². The van der Waals surface area contributed by atoms with Gasteiger partial charge in [-0.1, -0.05) is 19.1 Å². The zero-order valence-corrected chi connectivity index (χ0v) is 15.8. The molecule has 23 heavy (non-hydrogen) atoms. The quantitative estimate of drug-likeness (QED) is 0.571. The second-order valence-electron chi connectivity index (χ2n) is 6.49. The molecule has 0 unspecified atom stereocenters. The molecule has 0 heterocycles. The van der Waals surface area contributed by atoms with Gasteiger partial charge < -0.3 is 15.0 Å². The van der Waals surface area contributed by atoms with E-state index in [1.54, 1.807) is 16.7 Å². The Morgan fingerprint density at radius 1 is 1.22 bits per heavy atom. The number of carbonyl (C=O) groups excluding carboxylic acids is 1. The fourth-order valence-electron chi connectivity index (χ4n) is 2.08. The first-order valence-corrected chi connectivity index (χ1v) is 9.39. The number of ether oxygens (including phenoxy) is 1. The molecule has 5 heteroatoms. The summed E-state index contributed by atoms with van der Waals surface area (Å²) in [6.45, 7) is 10.7. The Kier molecular flexibility index (Phi) is 8.48. The molecule has 0 atom stereocenters. The summed E-state index contributed by atoms with van der Waals surface area (Å²) in [6, 6.07) is 8.53. The Hall–Kier alpha value is -1.20. The van der Waals surface area contributed by atoms with Crippen LogP contribution in [0.2, 0.25) is 0 Å². The lowest BCUT2D eigenvalue weighted by atomic mass is 10.2. The Bertz CT molecular complexity index is 469. The van der Waals surface area contributed by atoms with Gasteiger partial charge in [-0.2, -0.15) is 0 Å². The van der Waals surface area contributed by atoms with Gasteiger partial charge in [-0.05, 0) is 51.1 Å². The number of nitrogens with zero attached hydrogens (tertiary/aromatic N) is 1. The molecule has 0 fully saturated rings. The summed E-state index contributed by atoms with van der Waals surface area (Å²) in [4.78, 5) is 15.2. The van der Waals surface area contributed by atoms with Crippen molar-refractivity contribution < 1.29 is 9.53 Å². The molecule has 0 spiro atoms. The van der Waals surface area contributed by atoms with Crippen molar-refractivity contribution in [1.29, 1.82) is 0 Å². The molecule has 0 aliphatic heterocycles. The zero-order valence-electron chi connectivity index (χ0n) is 15.0. The first kappa shape index (κ1) is 19.8. The fourth-order valence-corrected chi connectivity index (χ4v) is 2.49. The molecule has 4 nitrogen and oxygen atoms in total. The zero-order chi connectivity index (χ0) is 17.3. The minimum absolute atomic E-state index is 0.231. The molecule has 0 aliphatic carbocycles. The van der Waals surface area contributed by atoms with Crippen molar-refractivity contribution in [3.8, 4) is 0 Å². The molecule has 1 aromatic rings. The third kappa shape index (κ3) is 8.28. The Morgan fingerprint density at radius 3 is 2.39 bits per heavy atom. The molecule has 1 N–H and O–H groups in total. The van der Waals surface area contributed by atoms with Crippen molar-refractivity contribution in [2.45, 2.75) is 51.2 Å². The molecule has 0 saturated heterocycles. The van der Waals surface area contributed by atoms with E-state index in [-0.39, 0.29) is 6.09 Å². The number of hydrogen-bond acceptors (Lipinski definition) is 4. The molecule has 0 aliphatic rings. The number of thioether (sulfide) groups is 1. The van der Waals surface area contributed by atoms with E-state index in [0.717, 1.165) is 26.1 Å². The predicted octanol–water partition coefficient (Wildman–Crippen LogP) is 4.15. The average Bonchev–Trinajstić information content (AvgIpc) is 2.49. The van der Waals surface area contributed by atoms with E-state index in [9.17, 15) is 4.79 Å². The Morgan fingerprint density at radius 2 is 1.87 bits per heavy atom. The maximum Gasteiger partial charge on any atom is 0.410 e. The SMILES string of the molecule is CCCN(CCNCc1ccc(SC)cc1)C(=O)OC(C)(C)C. The van der Waals surface area contributed by atoms with Gasteiger partial charge in [0.15, 0.2) is 0 Å². The molecular formula is C18H30N2O2S. The van der Waals surface area contributed by atoms with E-state index in [0.29, 0.717) is 6.54 Å². The summed E-state index contributed by atoms with van der Waals surface area (Å²) in [7, 11) is 0. The van der Waals surface area contributed by atoms with Crippen LogP contribution >= 0.6 is 11.8 Å². The topological polar surface area (TPSA) is 41.6 Å². The Balaban J connectivity index is 2.38. The first-order chi connectivity index (χ1) is 10.9. The molecule has 0 bridgehead atoms. The number of hydrogen-bond donors (Lipinski definition) is 1. The highest BCUT2D eigenvalue weighted by Crippen LogP contribution is 2.14. The smallest absolute Gasteiger partial charge is 0.410 e. The molecule has 1 aromatic carbocycles.